The number of hydrogen-bond donors (Lipinski definition) is 1. The van der Waals surface area contributed by atoms with E-state index in [1.807, 2.05) is 25.1 Å². The number of carbonyl (C=O) groups is 1. The Morgan fingerprint density at radius 1 is 1.29 bits per heavy atom. The van der Waals surface area contributed by atoms with Crippen molar-refractivity contribution in [2.24, 2.45) is 0 Å². The van der Waals surface area contributed by atoms with Crippen molar-refractivity contribution < 1.29 is 9.53 Å². The van der Waals surface area contributed by atoms with Crippen LogP contribution in [0.1, 0.15) is 21.6 Å². The Morgan fingerprint density at radius 3 is 2.71 bits per heavy atom. The number of aromatic amines is 1. The van der Waals surface area contributed by atoms with Crippen LogP contribution in [0.2, 0.25) is 0 Å². The van der Waals surface area contributed by atoms with E-state index >= 15 is 0 Å². The Balaban J connectivity index is 2.37. The fourth-order valence-corrected chi connectivity index (χ4v) is 1.57. The molecule has 17 heavy (non-hydrogen) atoms. The predicted molar refractivity (Wildman–Crippen MR) is 64.8 cm³/mol. The summed E-state index contributed by atoms with van der Waals surface area (Å²) < 4.78 is 4.62. The number of benzene rings is 1. The second-order valence-corrected chi connectivity index (χ2v) is 3.94. The number of rotatable bonds is 2. The Morgan fingerprint density at radius 2 is 2.06 bits per heavy atom. The number of nitrogens with one attached hydrogen (secondary N) is 1. The van der Waals surface area contributed by atoms with Gasteiger partial charge >= 0.3 is 5.97 Å². The van der Waals surface area contributed by atoms with E-state index in [1.165, 1.54) is 24.4 Å². The lowest BCUT2D eigenvalue weighted by Crippen LogP contribution is -2.00. The first-order chi connectivity index (χ1) is 8.11. The maximum atomic E-state index is 11.3. The van der Waals surface area contributed by atoms with Crippen molar-refractivity contribution in [3.05, 3.63) is 41.2 Å². The molecule has 2 rings (SSSR count). The second kappa shape index (κ2) is 4.41. The molecule has 0 aliphatic heterocycles. The second-order valence-electron chi connectivity index (χ2n) is 3.94. The van der Waals surface area contributed by atoms with Crippen molar-refractivity contribution in [3.8, 4) is 11.4 Å². The molecule has 0 bridgehead atoms. The number of carbonyl (C=O) groups excluding carboxylic acids is 1. The number of ether oxygens (including phenoxy) is 1. The van der Waals surface area contributed by atoms with Gasteiger partial charge in [-0.25, -0.2) is 9.78 Å². The number of H-pyrrole nitrogens is 1. The van der Waals surface area contributed by atoms with Gasteiger partial charge in [0.2, 0.25) is 0 Å². The van der Waals surface area contributed by atoms with E-state index in [4.69, 9.17) is 0 Å². The highest BCUT2D eigenvalue weighted by molar-refractivity contribution is 5.87. The third-order valence-electron chi connectivity index (χ3n) is 2.76. The van der Waals surface area contributed by atoms with Crippen molar-refractivity contribution in [3.63, 3.8) is 0 Å². The van der Waals surface area contributed by atoms with Crippen LogP contribution in [0.5, 0.6) is 0 Å². The number of aromatic nitrogens is 2. The van der Waals surface area contributed by atoms with Gasteiger partial charge in [-0.2, -0.15) is 0 Å². The molecule has 0 spiro atoms. The standard InChI is InChI=1S/C13H14N2O2/c1-8-4-5-10(6-9(8)2)12-14-7-11(15-12)13(16)17-3/h4-7H,1-3H3,(H,14,15). The summed E-state index contributed by atoms with van der Waals surface area (Å²) in [6, 6.07) is 6.04. The van der Waals surface area contributed by atoms with E-state index < -0.39 is 5.97 Å². The average Bonchev–Trinajstić information content (AvgIpc) is 2.81. The predicted octanol–water partition coefficient (Wildman–Crippen LogP) is 2.48. The number of hydrogen-bond acceptors (Lipinski definition) is 3. The van der Waals surface area contributed by atoms with Gasteiger partial charge in [-0.3, -0.25) is 0 Å². The molecular formula is C13H14N2O2. The molecule has 4 heteroatoms. The molecule has 0 saturated heterocycles. The van der Waals surface area contributed by atoms with E-state index in [0.717, 1.165) is 5.56 Å². The Labute approximate surface area is 99.7 Å². The summed E-state index contributed by atoms with van der Waals surface area (Å²) in [5.74, 6) is 0.265. The Bertz CT molecular complexity index is 558. The first kappa shape index (κ1) is 11.4. The molecule has 0 radical (unpaired) electrons. The van der Waals surface area contributed by atoms with Gasteiger partial charge in [0.15, 0.2) is 0 Å². The van der Waals surface area contributed by atoms with Crippen LogP contribution in [0.3, 0.4) is 0 Å². The van der Waals surface area contributed by atoms with Crippen LogP contribution in [0.4, 0.5) is 0 Å². The van der Waals surface area contributed by atoms with Crippen LogP contribution in [0.15, 0.2) is 24.4 Å². The van der Waals surface area contributed by atoms with Gasteiger partial charge in [0, 0.05) is 5.56 Å². The zero-order chi connectivity index (χ0) is 12.4. The van der Waals surface area contributed by atoms with E-state index in [1.54, 1.807) is 0 Å². The normalized spacial score (nSPS) is 10.3. The number of imidazole rings is 1. The van der Waals surface area contributed by atoms with Crippen LogP contribution in [0.25, 0.3) is 11.4 Å². The highest BCUT2D eigenvalue weighted by atomic mass is 16.5. The lowest BCUT2D eigenvalue weighted by Gasteiger charge is -2.02. The maximum absolute atomic E-state index is 11.3. The van der Waals surface area contributed by atoms with Crippen molar-refractivity contribution in [1.82, 2.24) is 9.97 Å². The lowest BCUT2D eigenvalue weighted by molar-refractivity contribution is 0.0595. The average molecular weight is 230 g/mol. The highest BCUT2D eigenvalue weighted by Crippen LogP contribution is 2.19. The molecule has 1 aromatic heterocycles. The number of methoxy groups -OCH3 is 1. The van der Waals surface area contributed by atoms with Crippen LogP contribution in [-0.2, 0) is 4.74 Å². The molecule has 0 amide bonds. The van der Waals surface area contributed by atoms with Gasteiger partial charge in [0.25, 0.3) is 0 Å². The molecule has 0 unspecified atom stereocenters. The van der Waals surface area contributed by atoms with Gasteiger partial charge in [-0.05, 0) is 31.0 Å². The van der Waals surface area contributed by atoms with Crippen LogP contribution in [-0.4, -0.2) is 23.0 Å². The fourth-order valence-electron chi connectivity index (χ4n) is 1.57. The largest absolute Gasteiger partial charge is 0.464 e. The van der Waals surface area contributed by atoms with E-state index in [9.17, 15) is 4.79 Å². The molecule has 0 fully saturated rings. The zero-order valence-corrected chi connectivity index (χ0v) is 10.1. The summed E-state index contributed by atoms with van der Waals surface area (Å²) in [4.78, 5) is 18.4. The van der Waals surface area contributed by atoms with Crippen LogP contribution in [0, 0.1) is 13.8 Å². The molecule has 1 aromatic carbocycles. The van der Waals surface area contributed by atoms with Gasteiger partial charge in [-0.15, -0.1) is 0 Å². The minimum absolute atomic E-state index is 0.362. The summed E-state index contributed by atoms with van der Waals surface area (Å²) in [6.07, 6.45) is 1.48. The third-order valence-corrected chi connectivity index (χ3v) is 2.76. The summed E-state index contributed by atoms with van der Waals surface area (Å²) in [5.41, 5.74) is 3.75. The summed E-state index contributed by atoms with van der Waals surface area (Å²) in [5, 5.41) is 0. The quantitative estimate of drug-likeness (QED) is 0.806. The molecule has 4 nitrogen and oxygen atoms in total. The number of aryl methyl sites for hydroxylation is 2. The van der Waals surface area contributed by atoms with E-state index in [2.05, 4.69) is 21.6 Å². The topological polar surface area (TPSA) is 55.0 Å². The van der Waals surface area contributed by atoms with Crippen LogP contribution >= 0.6 is 0 Å². The van der Waals surface area contributed by atoms with E-state index in [-0.39, 0.29) is 0 Å². The first-order valence-electron chi connectivity index (χ1n) is 5.33. The minimum atomic E-state index is -0.410. The Hall–Kier alpha value is -2.10. The smallest absolute Gasteiger partial charge is 0.356 e. The Kier molecular flexibility index (Phi) is 2.95. The monoisotopic (exact) mass is 230 g/mol. The molecular weight excluding hydrogens is 216 g/mol. The van der Waals surface area contributed by atoms with E-state index in [0.29, 0.717) is 11.5 Å². The fraction of sp³-hybridized carbons (Fsp3) is 0.231. The van der Waals surface area contributed by atoms with Crippen molar-refractivity contribution >= 4 is 5.97 Å². The van der Waals surface area contributed by atoms with Crippen molar-refractivity contribution in [2.45, 2.75) is 13.8 Å². The molecule has 88 valence electrons. The first-order valence-corrected chi connectivity index (χ1v) is 5.33. The summed E-state index contributed by atoms with van der Waals surface area (Å²) in [7, 11) is 1.35. The summed E-state index contributed by atoms with van der Waals surface area (Å²) >= 11 is 0. The lowest BCUT2D eigenvalue weighted by atomic mass is 10.1. The number of esters is 1. The summed E-state index contributed by atoms with van der Waals surface area (Å²) in [6.45, 7) is 4.10. The SMILES string of the molecule is COC(=O)c1cnc(-c2ccc(C)c(C)c2)[nH]1. The molecule has 0 aliphatic rings. The third kappa shape index (κ3) is 2.20. The van der Waals surface area contributed by atoms with Gasteiger partial charge < -0.3 is 9.72 Å². The molecule has 0 aliphatic carbocycles. The van der Waals surface area contributed by atoms with Gasteiger partial charge in [0.05, 0.1) is 13.3 Å². The highest BCUT2D eigenvalue weighted by Gasteiger charge is 2.10. The molecule has 1 heterocycles. The van der Waals surface area contributed by atoms with Crippen LogP contribution < -0.4 is 0 Å². The maximum Gasteiger partial charge on any atom is 0.356 e. The molecule has 2 aromatic rings. The zero-order valence-electron chi connectivity index (χ0n) is 10.1. The van der Waals surface area contributed by atoms with Gasteiger partial charge in [-0.1, -0.05) is 12.1 Å². The molecule has 0 atom stereocenters. The van der Waals surface area contributed by atoms with Gasteiger partial charge in [0.1, 0.15) is 11.5 Å². The number of nitrogens with zero attached hydrogens (tertiary/aromatic N) is 1. The van der Waals surface area contributed by atoms with Crippen molar-refractivity contribution in [2.75, 3.05) is 7.11 Å². The molecule has 1 N–H and O–H groups in total. The minimum Gasteiger partial charge on any atom is -0.464 e. The van der Waals surface area contributed by atoms with Crippen molar-refractivity contribution in [1.29, 1.82) is 0 Å². The molecule has 0 saturated carbocycles.